The molecule has 25 heavy (non-hydrogen) atoms. The molecule has 0 unspecified atom stereocenters. The van der Waals surface area contributed by atoms with Crippen molar-refractivity contribution in [2.75, 3.05) is 11.9 Å². The van der Waals surface area contributed by atoms with Gasteiger partial charge in [-0.2, -0.15) is 5.26 Å². The molecular weight excluding hydrogens is 350 g/mol. The fraction of sp³-hybridized carbons (Fsp3) is 0.133. The van der Waals surface area contributed by atoms with E-state index >= 15 is 0 Å². The van der Waals surface area contributed by atoms with Gasteiger partial charge < -0.3 is 14.5 Å². The molecule has 0 spiro atoms. The number of hydrogen-bond donors (Lipinski definition) is 2. The summed E-state index contributed by atoms with van der Waals surface area (Å²) in [4.78, 5) is 23.4. The van der Waals surface area contributed by atoms with E-state index in [0.717, 1.165) is 17.7 Å². The third-order valence-corrected chi connectivity index (χ3v) is 3.70. The summed E-state index contributed by atoms with van der Waals surface area (Å²) >= 11 is 0. The molecule has 0 saturated heterocycles. The van der Waals surface area contributed by atoms with Crippen LogP contribution >= 0.6 is 0 Å². The second-order valence-corrected chi connectivity index (χ2v) is 6.31. The first-order valence-electron chi connectivity index (χ1n) is 6.85. The van der Waals surface area contributed by atoms with E-state index in [1.807, 2.05) is 6.07 Å². The SMILES string of the molecule is N#CCc1ccc(NC(=O)COC(=O)c2ccc(S(N)(=O)=O)o2)cc1. The summed E-state index contributed by atoms with van der Waals surface area (Å²) in [6, 6.07) is 10.7. The molecule has 2 aromatic rings. The summed E-state index contributed by atoms with van der Waals surface area (Å²) in [5.74, 6) is -1.99. The topological polar surface area (TPSA) is 152 Å². The number of sulfonamides is 1. The van der Waals surface area contributed by atoms with Gasteiger partial charge in [0.15, 0.2) is 6.61 Å². The van der Waals surface area contributed by atoms with Crippen LogP contribution in [-0.2, 0) is 26.0 Å². The summed E-state index contributed by atoms with van der Waals surface area (Å²) in [5, 5.41) is 15.4. The lowest BCUT2D eigenvalue weighted by molar-refractivity contribution is -0.119. The van der Waals surface area contributed by atoms with E-state index in [1.165, 1.54) is 0 Å². The summed E-state index contributed by atoms with van der Waals surface area (Å²) < 4.78 is 31.6. The number of primary sulfonamides is 1. The van der Waals surface area contributed by atoms with Gasteiger partial charge >= 0.3 is 5.97 Å². The Morgan fingerprint density at radius 2 is 1.88 bits per heavy atom. The van der Waals surface area contributed by atoms with Crippen molar-refractivity contribution in [3.05, 3.63) is 47.7 Å². The Hall–Kier alpha value is -3.16. The molecule has 1 amide bonds. The van der Waals surface area contributed by atoms with E-state index in [4.69, 9.17) is 19.6 Å². The van der Waals surface area contributed by atoms with Crippen molar-refractivity contribution in [1.29, 1.82) is 5.26 Å². The van der Waals surface area contributed by atoms with E-state index in [9.17, 15) is 18.0 Å². The quantitative estimate of drug-likeness (QED) is 0.719. The fourth-order valence-corrected chi connectivity index (χ4v) is 2.24. The zero-order chi connectivity index (χ0) is 18.4. The van der Waals surface area contributed by atoms with Crippen LogP contribution in [-0.4, -0.2) is 26.9 Å². The zero-order valence-corrected chi connectivity index (χ0v) is 13.6. The van der Waals surface area contributed by atoms with Crippen LogP contribution in [0.15, 0.2) is 45.9 Å². The average molecular weight is 363 g/mol. The Morgan fingerprint density at radius 3 is 2.44 bits per heavy atom. The first-order chi connectivity index (χ1) is 11.8. The second-order valence-electron chi connectivity index (χ2n) is 4.82. The van der Waals surface area contributed by atoms with Crippen LogP contribution in [0.25, 0.3) is 0 Å². The van der Waals surface area contributed by atoms with Crippen molar-refractivity contribution in [2.24, 2.45) is 5.14 Å². The van der Waals surface area contributed by atoms with Crippen LogP contribution in [0.5, 0.6) is 0 Å². The molecule has 0 aliphatic carbocycles. The van der Waals surface area contributed by atoms with Gasteiger partial charge in [0.05, 0.1) is 12.5 Å². The Labute approximate surface area is 143 Å². The monoisotopic (exact) mass is 363 g/mol. The van der Waals surface area contributed by atoms with Gasteiger partial charge in [0.1, 0.15) is 0 Å². The molecule has 9 nitrogen and oxygen atoms in total. The van der Waals surface area contributed by atoms with Gasteiger partial charge in [-0.15, -0.1) is 0 Å². The van der Waals surface area contributed by atoms with Gasteiger partial charge in [-0.3, -0.25) is 4.79 Å². The smallest absolute Gasteiger partial charge is 0.374 e. The molecule has 1 aromatic carbocycles. The Morgan fingerprint density at radius 1 is 1.20 bits per heavy atom. The van der Waals surface area contributed by atoms with Gasteiger partial charge in [-0.05, 0) is 29.8 Å². The van der Waals surface area contributed by atoms with Crippen LogP contribution in [0.3, 0.4) is 0 Å². The fourth-order valence-electron chi connectivity index (χ4n) is 1.78. The highest BCUT2D eigenvalue weighted by molar-refractivity contribution is 7.89. The number of hydrogen-bond acceptors (Lipinski definition) is 7. The van der Waals surface area contributed by atoms with E-state index in [-0.39, 0.29) is 6.42 Å². The molecule has 0 radical (unpaired) electrons. The number of ether oxygens (including phenoxy) is 1. The summed E-state index contributed by atoms with van der Waals surface area (Å²) in [6.07, 6.45) is 0.259. The normalized spacial score (nSPS) is 10.7. The first kappa shape index (κ1) is 18.2. The van der Waals surface area contributed by atoms with Crippen LogP contribution in [0, 0.1) is 11.3 Å². The van der Waals surface area contributed by atoms with E-state index in [1.54, 1.807) is 24.3 Å². The Bertz CT molecular complexity index is 925. The number of rotatable bonds is 6. The number of nitrogens with two attached hydrogens (primary N) is 1. The highest BCUT2D eigenvalue weighted by Gasteiger charge is 2.19. The minimum atomic E-state index is -4.07. The molecule has 1 heterocycles. The Kier molecular flexibility index (Phi) is 5.53. The minimum absolute atomic E-state index is 0.259. The molecule has 0 saturated carbocycles. The van der Waals surface area contributed by atoms with Crippen LogP contribution < -0.4 is 10.5 Å². The van der Waals surface area contributed by atoms with Gasteiger partial charge in [0, 0.05) is 5.69 Å². The van der Waals surface area contributed by atoms with E-state index in [2.05, 4.69) is 5.32 Å². The lowest BCUT2D eigenvalue weighted by atomic mass is 10.1. The molecule has 1 aromatic heterocycles. The molecule has 0 aliphatic heterocycles. The molecule has 10 heteroatoms. The number of benzene rings is 1. The summed E-state index contributed by atoms with van der Waals surface area (Å²) in [6.45, 7) is -0.593. The molecule has 0 aliphatic rings. The van der Waals surface area contributed by atoms with Gasteiger partial charge in [-0.25, -0.2) is 18.4 Å². The molecule has 3 N–H and O–H groups in total. The minimum Gasteiger partial charge on any atom is -0.450 e. The number of carbonyl (C=O) groups is 2. The number of esters is 1. The molecule has 0 fully saturated rings. The zero-order valence-electron chi connectivity index (χ0n) is 12.8. The maximum absolute atomic E-state index is 11.7. The maximum atomic E-state index is 11.7. The lowest BCUT2D eigenvalue weighted by Crippen LogP contribution is -2.20. The number of nitrogens with one attached hydrogen (secondary N) is 1. The number of amides is 1. The highest BCUT2D eigenvalue weighted by atomic mass is 32.2. The number of nitriles is 1. The van der Waals surface area contributed by atoms with Gasteiger partial charge in [0.2, 0.25) is 10.9 Å². The molecule has 0 atom stereocenters. The number of nitrogens with zero attached hydrogens (tertiary/aromatic N) is 1. The molecule has 2 rings (SSSR count). The third-order valence-electron chi connectivity index (χ3n) is 2.92. The van der Waals surface area contributed by atoms with Gasteiger partial charge in [0.25, 0.3) is 15.9 Å². The number of furan rings is 1. The predicted octanol–water partition coefficient (Wildman–Crippen LogP) is 0.789. The molecular formula is C15H13N3O6S. The first-order valence-corrected chi connectivity index (χ1v) is 8.40. The summed E-state index contributed by atoms with van der Waals surface area (Å²) in [7, 11) is -4.07. The number of anilines is 1. The average Bonchev–Trinajstić information content (AvgIpc) is 3.05. The van der Waals surface area contributed by atoms with Crippen molar-refractivity contribution in [3.63, 3.8) is 0 Å². The number of carbonyl (C=O) groups excluding carboxylic acids is 2. The standard InChI is InChI=1S/C15H13N3O6S/c16-8-7-10-1-3-11(4-2-10)18-13(19)9-23-15(20)12-5-6-14(24-12)25(17,21)22/h1-6H,7,9H2,(H,18,19)(H2,17,21,22). The van der Waals surface area contributed by atoms with Crippen LogP contribution in [0.4, 0.5) is 5.69 Å². The third kappa shape index (κ3) is 5.17. The highest BCUT2D eigenvalue weighted by Crippen LogP contribution is 2.13. The molecule has 0 bridgehead atoms. The van der Waals surface area contributed by atoms with Crippen molar-refractivity contribution in [3.8, 4) is 6.07 Å². The predicted molar refractivity (Wildman–Crippen MR) is 84.8 cm³/mol. The van der Waals surface area contributed by atoms with Crippen molar-refractivity contribution >= 4 is 27.6 Å². The van der Waals surface area contributed by atoms with E-state index < -0.39 is 39.4 Å². The van der Waals surface area contributed by atoms with E-state index in [0.29, 0.717) is 5.69 Å². The second kappa shape index (κ2) is 7.61. The summed E-state index contributed by atoms with van der Waals surface area (Å²) in [5.41, 5.74) is 1.27. The van der Waals surface area contributed by atoms with Crippen molar-refractivity contribution in [1.82, 2.24) is 0 Å². The maximum Gasteiger partial charge on any atom is 0.374 e. The van der Waals surface area contributed by atoms with Crippen LogP contribution in [0.1, 0.15) is 16.1 Å². The lowest BCUT2D eigenvalue weighted by Gasteiger charge is -2.06. The van der Waals surface area contributed by atoms with Crippen LogP contribution in [0.2, 0.25) is 0 Å². The largest absolute Gasteiger partial charge is 0.450 e. The molecule has 130 valence electrons. The van der Waals surface area contributed by atoms with Crippen molar-refractivity contribution in [2.45, 2.75) is 11.5 Å². The van der Waals surface area contributed by atoms with Crippen molar-refractivity contribution < 1.29 is 27.2 Å². The Balaban J connectivity index is 1.88. The van der Waals surface area contributed by atoms with Gasteiger partial charge in [-0.1, -0.05) is 12.1 Å².